The monoisotopic (exact) mass is 1130 g/mol. The number of nitrogens with zero attached hydrogens (tertiary/aromatic N) is 6. The minimum Gasteiger partial charge on any atom is -0.453 e. The van der Waals surface area contributed by atoms with Crippen molar-refractivity contribution in [3.63, 3.8) is 0 Å². The summed E-state index contributed by atoms with van der Waals surface area (Å²) in [5, 5.41) is 22.0. The number of alkyl carbamates (subject to hydrolysis) is 2. The van der Waals surface area contributed by atoms with Gasteiger partial charge in [-0.2, -0.15) is 40.2 Å². The lowest BCUT2D eigenvalue weighted by atomic mass is 9.82. The Morgan fingerprint density at radius 3 is 1.94 bits per heavy atom. The lowest BCUT2D eigenvalue weighted by Gasteiger charge is -2.44. The van der Waals surface area contributed by atoms with E-state index in [0.717, 1.165) is 58.5 Å². The van der Waals surface area contributed by atoms with Crippen LogP contribution < -0.4 is 26.3 Å². The molecule has 2 aromatic carbocycles. The summed E-state index contributed by atoms with van der Waals surface area (Å²) in [4.78, 5) is 61.9. The third-order valence-electron chi connectivity index (χ3n) is 13.7. The molecule has 18 nitrogen and oxygen atoms in total. The molecule has 2 fully saturated rings. The number of nitrogens with one attached hydrogen (secondary N) is 4. The molecule has 28 heteroatoms. The highest BCUT2D eigenvalue weighted by molar-refractivity contribution is 5.87. The predicted octanol–water partition coefficient (Wildman–Crippen LogP) is 6.09. The van der Waals surface area contributed by atoms with E-state index in [1.165, 1.54) is 24.3 Å². The molecular formula is C51H58F10N10O8. The Bertz CT molecular complexity index is 2820. The normalized spacial score (nSPS) is 16.9. The number of hydrazine groups is 1. The molecule has 4 amide bonds. The van der Waals surface area contributed by atoms with Crippen LogP contribution in [0.5, 0.6) is 0 Å². The van der Waals surface area contributed by atoms with E-state index in [2.05, 4.69) is 46.5 Å². The molecule has 0 unspecified atom stereocenters. The van der Waals surface area contributed by atoms with Gasteiger partial charge in [0, 0.05) is 73.9 Å². The summed E-state index contributed by atoms with van der Waals surface area (Å²) in [6.45, 7) is 1.45. The van der Waals surface area contributed by atoms with E-state index >= 15 is 8.78 Å². The molecule has 430 valence electrons. The molecule has 6 rings (SSSR count). The lowest BCUT2D eigenvalue weighted by Crippen LogP contribution is -2.63. The minimum absolute atomic E-state index is 0.197. The van der Waals surface area contributed by atoms with E-state index in [1.54, 1.807) is 17.6 Å². The summed E-state index contributed by atoms with van der Waals surface area (Å²) >= 11 is 0. The van der Waals surface area contributed by atoms with Crippen molar-refractivity contribution in [1.29, 1.82) is 0 Å². The number of alkyl halides is 8. The van der Waals surface area contributed by atoms with Crippen LogP contribution in [0.15, 0.2) is 67.0 Å². The van der Waals surface area contributed by atoms with E-state index in [0.29, 0.717) is 69.2 Å². The first-order valence-electron chi connectivity index (χ1n) is 24.3. The summed E-state index contributed by atoms with van der Waals surface area (Å²) in [7, 11) is 1.60. The first kappa shape index (κ1) is 61.0. The summed E-state index contributed by atoms with van der Waals surface area (Å²) in [5.74, 6) is 0.679. The number of morpholine rings is 1. The maximum atomic E-state index is 16.0. The van der Waals surface area contributed by atoms with Crippen molar-refractivity contribution in [3.05, 3.63) is 101 Å². The fourth-order valence-corrected chi connectivity index (χ4v) is 8.52. The highest BCUT2D eigenvalue weighted by Crippen LogP contribution is 2.42. The Hall–Kier alpha value is -7.22. The summed E-state index contributed by atoms with van der Waals surface area (Å²) in [5.41, 5.74) is -4.46. The molecule has 0 aliphatic carbocycles. The van der Waals surface area contributed by atoms with E-state index in [9.17, 15) is 59.4 Å². The number of ether oxygens (including phenoxy) is 3. The number of aliphatic hydroxyl groups excluding tert-OH is 1. The topological polar surface area (TPSA) is 205 Å². The zero-order valence-corrected chi connectivity index (χ0v) is 43.4. The molecule has 0 radical (unpaired) electrons. The van der Waals surface area contributed by atoms with Crippen LogP contribution in [0.2, 0.25) is 0 Å². The van der Waals surface area contributed by atoms with Crippen molar-refractivity contribution in [1.82, 2.24) is 46.0 Å². The molecule has 4 heterocycles. The van der Waals surface area contributed by atoms with Crippen molar-refractivity contribution in [2.45, 2.75) is 89.8 Å². The van der Waals surface area contributed by atoms with E-state index < -0.39 is 115 Å². The standard InChI is InChI=1S/C51H58F10N10O8/c1-48(2,50(56,57)58)41(64-46(75)77-5)43(73)63-38(21-30-10-7-29(8-11-30)9-12-31-13-14-40(62-24-31)69-18-17-68-19-20-79-28-33(68)25-69)39(72)27-70(67-44(74)42(65-47(76)78-6)49(3,4)51(59,60)61)26-34-35(52)22-32(23-36(34)53)37-15-16-71(66-37)45(54)55/h7-8,10-11,13-16,22-24,33,38-39,41-42,45,72H,17-21,25-28H2,1-6H3,(H,63,73)(H,64,75)(H,65,76)(H,67,74)/t33-,38-,39-,41+,42+/m0/s1. The second kappa shape index (κ2) is 25.3. The smallest absolute Gasteiger partial charge is 0.407 e. The molecule has 0 saturated carbocycles. The Labute approximate surface area is 447 Å². The van der Waals surface area contributed by atoms with E-state index in [1.807, 2.05) is 16.8 Å². The van der Waals surface area contributed by atoms with Gasteiger partial charge in [-0.1, -0.05) is 24.0 Å². The van der Waals surface area contributed by atoms with Gasteiger partial charge in [0.2, 0.25) is 5.91 Å². The van der Waals surface area contributed by atoms with Gasteiger partial charge < -0.3 is 40.2 Å². The average Bonchev–Trinajstić information content (AvgIpc) is 3.93. The lowest BCUT2D eigenvalue weighted by molar-refractivity contribution is -0.221. The average molecular weight is 1130 g/mol. The maximum Gasteiger partial charge on any atom is 0.407 e. The second-order valence-corrected chi connectivity index (χ2v) is 19.8. The Morgan fingerprint density at radius 2 is 1.39 bits per heavy atom. The number of amides is 4. The Kier molecular flexibility index (Phi) is 19.5. The van der Waals surface area contributed by atoms with Gasteiger partial charge in [0.05, 0.1) is 62.1 Å². The zero-order chi connectivity index (χ0) is 58.2. The van der Waals surface area contributed by atoms with E-state index in [4.69, 9.17) is 4.74 Å². The molecule has 5 N–H and O–H groups in total. The number of hydrogen-bond donors (Lipinski definition) is 5. The Balaban J connectivity index is 1.33. The molecule has 2 saturated heterocycles. The number of hydrogen-bond acceptors (Lipinski definition) is 13. The molecule has 0 spiro atoms. The number of benzene rings is 2. The third kappa shape index (κ3) is 15.1. The molecule has 4 aromatic rings. The largest absolute Gasteiger partial charge is 0.453 e. The SMILES string of the molecule is COC(=O)N[C@H](C(=O)N[C@@H](Cc1ccc(C#Cc2ccc(N3CCN4CCOC[C@@H]4C3)nc2)cc1)[C@@H](O)CN(Cc1c(F)cc(-c2ccn(C(F)F)n2)cc1F)NC(=O)[C@@H](NC(=O)OC)C(C)(C)C(F)(F)F)C(C)(C)C(F)(F)F. The van der Waals surface area contributed by atoms with Crippen LogP contribution in [0.25, 0.3) is 11.3 Å². The quantitative estimate of drug-likeness (QED) is 0.0436. The van der Waals surface area contributed by atoms with Crippen LogP contribution in [0.1, 0.15) is 56.5 Å². The summed E-state index contributed by atoms with van der Waals surface area (Å²) in [6.07, 6.45) is -13.6. The van der Waals surface area contributed by atoms with Crippen LogP contribution in [0, 0.1) is 34.3 Å². The predicted molar refractivity (Wildman–Crippen MR) is 262 cm³/mol. The first-order chi connectivity index (χ1) is 37.0. The summed E-state index contributed by atoms with van der Waals surface area (Å²) in [6, 6.07) is 5.47. The first-order valence-corrected chi connectivity index (χ1v) is 24.3. The maximum absolute atomic E-state index is 16.0. The van der Waals surface area contributed by atoms with Crippen molar-refractivity contribution in [3.8, 4) is 23.1 Å². The number of methoxy groups -OCH3 is 2. The summed E-state index contributed by atoms with van der Waals surface area (Å²) < 4.78 is 161. The number of anilines is 1. The molecule has 2 aliphatic heterocycles. The molecule has 2 aromatic heterocycles. The van der Waals surface area contributed by atoms with E-state index in [-0.39, 0.29) is 27.5 Å². The highest BCUT2D eigenvalue weighted by Gasteiger charge is 2.57. The minimum atomic E-state index is -5.23. The third-order valence-corrected chi connectivity index (χ3v) is 13.7. The molecule has 79 heavy (non-hydrogen) atoms. The van der Waals surface area contributed by atoms with Crippen LogP contribution in [-0.4, -0.2) is 157 Å². The molecule has 5 atom stereocenters. The van der Waals surface area contributed by atoms with Crippen LogP contribution >= 0.6 is 0 Å². The van der Waals surface area contributed by atoms with Gasteiger partial charge in [-0.3, -0.25) is 19.9 Å². The van der Waals surface area contributed by atoms with Crippen molar-refractivity contribution >= 4 is 29.8 Å². The fraction of sp³-hybridized carbons (Fsp3) is 0.490. The van der Waals surface area contributed by atoms with Gasteiger partial charge >= 0.3 is 31.1 Å². The number of aliphatic hydroxyl groups is 1. The van der Waals surface area contributed by atoms with Gasteiger partial charge in [0.25, 0.3) is 5.91 Å². The van der Waals surface area contributed by atoms with Crippen molar-refractivity contribution < 1.29 is 82.4 Å². The number of carbonyl (C=O) groups is 4. The van der Waals surface area contributed by atoms with Gasteiger partial charge in [-0.05, 0) is 82.1 Å². The number of carbonyl (C=O) groups excluding carboxylic acids is 4. The highest BCUT2D eigenvalue weighted by atomic mass is 19.4. The molecule has 0 bridgehead atoms. The van der Waals surface area contributed by atoms with Crippen molar-refractivity contribution in [2.24, 2.45) is 10.8 Å². The van der Waals surface area contributed by atoms with Crippen LogP contribution in [0.3, 0.4) is 0 Å². The number of piperazine rings is 1. The van der Waals surface area contributed by atoms with Crippen molar-refractivity contribution in [2.75, 3.05) is 65.1 Å². The number of aromatic nitrogens is 3. The number of rotatable bonds is 18. The second-order valence-electron chi connectivity index (χ2n) is 19.8. The zero-order valence-electron chi connectivity index (χ0n) is 43.4. The number of pyridine rings is 1. The molecule has 2 aliphatic rings. The van der Waals surface area contributed by atoms with Gasteiger partial charge in [-0.25, -0.2) is 33.0 Å². The van der Waals surface area contributed by atoms with Gasteiger partial charge in [0.1, 0.15) is 29.5 Å². The fourth-order valence-electron chi connectivity index (χ4n) is 8.52. The van der Waals surface area contributed by atoms with Crippen LogP contribution in [-0.2, 0) is 36.8 Å². The number of halogens is 10. The van der Waals surface area contributed by atoms with Crippen LogP contribution in [0.4, 0.5) is 59.3 Å². The molecular weight excluding hydrogens is 1070 g/mol. The Morgan fingerprint density at radius 1 is 0.810 bits per heavy atom. The van der Waals surface area contributed by atoms with Gasteiger partial charge in [-0.15, -0.1) is 0 Å². The van der Waals surface area contributed by atoms with Gasteiger partial charge in [0.15, 0.2) is 0 Å². The number of fused-ring (bicyclic) bond motifs is 1.